The van der Waals surface area contributed by atoms with Gasteiger partial charge in [-0.3, -0.25) is 9.69 Å². The summed E-state index contributed by atoms with van der Waals surface area (Å²) in [5.74, 6) is 0.259. The van der Waals surface area contributed by atoms with E-state index in [0.29, 0.717) is 25.9 Å². The highest BCUT2D eigenvalue weighted by molar-refractivity contribution is 5.81. The first-order chi connectivity index (χ1) is 9.63. The summed E-state index contributed by atoms with van der Waals surface area (Å²) in [6, 6.07) is 10.2. The molecular weight excluding hydrogens is 256 g/mol. The Morgan fingerprint density at radius 3 is 2.30 bits per heavy atom. The average Bonchev–Trinajstić information content (AvgIpc) is 2.40. The van der Waals surface area contributed by atoms with Gasteiger partial charge in [0.2, 0.25) is 0 Å². The number of ketones is 1. The van der Waals surface area contributed by atoms with Gasteiger partial charge in [0.1, 0.15) is 5.78 Å². The van der Waals surface area contributed by atoms with Crippen molar-refractivity contribution in [3.05, 3.63) is 35.9 Å². The zero-order valence-electron chi connectivity index (χ0n) is 11.2. The lowest BCUT2D eigenvalue weighted by molar-refractivity contribution is -0.129. The maximum absolute atomic E-state index is 11.8. The van der Waals surface area contributed by atoms with Crippen LogP contribution in [0.1, 0.15) is 18.4 Å². The van der Waals surface area contributed by atoms with Crippen molar-refractivity contribution in [1.29, 1.82) is 0 Å². The van der Waals surface area contributed by atoms with E-state index in [1.165, 1.54) is 10.5 Å². The van der Waals surface area contributed by atoms with Gasteiger partial charge < -0.3 is 10.0 Å². The Kier molecular flexibility index (Phi) is 3.44. The summed E-state index contributed by atoms with van der Waals surface area (Å²) in [5.41, 5.74) is 1.21. The number of nitrogens with zero attached hydrogens (tertiary/aromatic N) is 2. The Hall–Kier alpha value is -1.88. The summed E-state index contributed by atoms with van der Waals surface area (Å²) in [7, 11) is 0. The van der Waals surface area contributed by atoms with E-state index in [1.54, 1.807) is 0 Å². The second kappa shape index (κ2) is 5.25. The van der Waals surface area contributed by atoms with Crippen LogP contribution in [0.5, 0.6) is 0 Å². The van der Waals surface area contributed by atoms with Gasteiger partial charge in [0.25, 0.3) is 0 Å². The van der Waals surface area contributed by atoms with Crippen molar-refractivity contribution in [2.24, 2.45) is 0 Å². The van der Waals surface area contributed by atoms with E-state index in [9.17, 15) is 9.59 Å². The molecule has 2 saturated heterocycles. The lowest BCUT2D eigenvalue weighted by Gasteiger charge is -2.48. The molecule has 2 aliphatic heterocycles. The number of rotatable bonds is 2. The molecule has 0 aliphatic carbocycles. The number of fused-ring (bicyclic) bond motifs is 2. The summed E-state index contributed by atoms with van der Waals surface area (Å²) >= 11 is 0. The van der Waals surface area contributed by atoms with Crippen LogP contribution in [0.3, 0.4) is 0 Å². The molecule has 0 spiro atoms. The average molecular weight is 274 g/mol. The quantitative estimate of drug-likeness (QED) is 0.889. The summed E-state index contributed by atoms with van der Waals surface area (Å²) in [4.78, 5) is 26.7. The van der Waals surface area contributed by atoms with Gasteiger partial charge in [-0.1, -0.05) is 30.3 Å². The second-order valence-electron chi connectivity index (χ2n) is 5.60. The second-order valence-corrected chi connectivity index (χ2v) is 5.60. The van der Waals surface area contributed by atoms with Gasteiger partial charge in [0.05, 0.1) is 0 Å². The smallest absolute Gasteiger partial charge is 0.407 e. The molecule has 2 bridgehead atoms. The molecule has 1 aromatic carbocycles. The molecule has 1 amide bonds. The molecule has 2 unspecified atom stereocenters. The Morgan fingerprint density at radius 1 is 1.15 bits per heavy atom. The third-order valence-corrected chi connectivity index (χ3v) is 4.21. The highest BCUT2D eigenvalue weighted by Crippen LogP contribution is 2.28. The van der Waals surface area contributed by atoms with Crippen molar-refractivity contribution in [3.8, 4) is 0 Å². The molecule has 0 saturated carbocycles. The number of piperazine rings is 1. The van der Waals surface area contributed by atoms with Gasteiger partial charge in [-0.25, -0.2) is 4.79 Å². The molecule has 1 N–H and O–H groups in total. The first-order valence-electron chi connectivity index (χ1n) is 6.92. The highest BCUT2D eigenvalue weighted by Gasteiger charge is 2.41. The predicted octanol–water partition coefficient (Wildman–Crippen LogP) is 1.58. The predicted molar refractivity (Wildman–Crippen MR) is 73.4 cm³/mol. The number of likely N-dealkylation sites (tertiary alicyclic amines) is 1. The number of hydrogen-bond acceptors (Lipinski definition) is 3. The molecule has 3 rings (SSSR count). The molecule has 2 aliphatic rings. The first kappa shape index (κ1) is 13.1. The van der Waals surface area contributed by atoms with E-state index >= 15 is 0 Å². The number of Topliss-reactive ketones (excluding diaryl/α,β-unsaturated/α-hetero) is 1. The van der Waals surface area contributed by atoms with Crippen molar-refractivity contribution >= 4 is 11.9 Å². The van der Waals surface area contributed by atoms with Gasteiger partial charge in [-0.05, 0) is 5.56 Å². The first-order valence-corrected chi connectivity index (χ1v) is 6.92. The lowest BCUT2D eigenvalue weighted by atomic mass is 9.90. The number of piperidine rings is 1. The lowest BCUT2D eigenvalue weighted by Crippen LogP contribution is -2.62. The molecule has 5 heteroatoms. The minimum Gasteiger partial charge on any atom is -0.465 e. The van der Waals surface area contributed by atoms with Crippen molar-refractivity contribution in [3.63, 3.8) is 0 Å². The van der Waals surface area contributed by atoms with E-state index in [4.69, 9.17) is 5.11 Å². The van der Waals surface area contributed by atoms with E-state index in [-0.39, 0.29) is 17.9 Å². The summed E-state index contributed by atoms with van der Waals surface area (Å²) in [6.07, 6.45) is 0.0500. The number of carbonyl (C=O) groups excluding carboxylic acids is 1. The van der Waals surface area contributed by atoms with Crippen molar-refractivity contribution in [2.45, 2.75) is 31.5 Å². The molecule has 5 nitrogen and oxygen atoms in total. The topological polar surface area (TPSA) is 60.9 Å². The molecule has 1 aromatic rings. The number of hydrogen-bond donors (Lipinski definition) is 1. The molecule has 0 radical (unpaired) electrons. The molecule has 2 atom stereocenters. The maximum Gasteiger partial charge on any atom is 0.407 e. The van der Waals surface area contributed by atoms with Gasteiger partial charge in [-0.15, -0.1) is 0 Å². The highest BCUT2D eigenvalue weighted by atomic mass is 16.4. The van der Waals surface area contributed by atoms with Crippen LogP contribution in [0.15, 0.2) is 30.3 Å². The van der Waals surface area contributed by atoms with Crippen LogP contribution in [0.2, 0.25) is 0 Å². The normalized spacial score (nSPS) is 26.6. The minimum atomic E-state index is -0.881. The Morgan fingerprint density at radius 2 is 1.75 bits per heavy atom. The maximum atomic E-state index is 11.8. The Bertz CT molecular complexity index is 499. The van der Waals surface area contributed by atoms with Crippen LogP contribution < -0.4 is 0 Å². The van der Waals surface area contributed by atoms with Gasteiger partial charge in [0, 0.05) is 44.6 Å². The van der Waals surface area contributed by atoms with Crippen LogP contribution in [0.25, 0.3) is 0 Å². The largest absolute Gasteiger partial charge is 0.465 e. The number of carboxylic acid groups (broad SMARTS) is 1. The van der Waals surface area contributed by atoms with Crippen molar-refractivity contribution in [2.75, 3.05) is 13.1 Å². The summed E-state index contributed by atoms with van der Waals surface area (Å²) in [6.45, 7) is 1.66. The Labute approximate surface area is 117 Å². The molecule has 2 fully saturated rings. The van der Waals surface area contributed by atoms with E-state index in [1.807, 2.05) is 18.2 Å². The Balaban J connectivity index is 1.78. The van der Waals surface area contributed by atoms with Crippen LogP contribution >= 0.6 is 0 Å². The van der Waals surface area contributed by atoms with Crippen molar-refractivity contribution < 1.29 is 14.7 Å². The summed E-state index contributed by atoms with van der Waals surface area (Å²) < 4.78 is 0. The number of amides is 1. The minimum absolute atomic E-state index is 0.0197. The van der Waals surface area contributed by atoms with Crippen LogP contribution in [-0.2, 0) is 11.3 Å². The van der Waals surface area contributed by atoms with Crippen LogP contribution in [-0.4, -0.2) is 52.0 Å². The van der Waals surface area contributed by atoms with Crippen LogP contribution in [0.4, 0.5) is 4.79 Å². The fourth-order valence-electron chi connectivity index (χ4n) is 3.27. The SMILES string of the molecule is O=C1CC2CN(C(=O)O)CC(C1)N2Cc1ccccc1. The van der Waals surface area contributed by atoms with Crippen LogP contribution in [0, 0.1) is 0 Å². The molecule has 0 aromatic heterocycles. The monoisotopic (exact) mass is 274 g/mol. The van der Waals surface area contributed by atoms with E-state index in [2.05, 4.69) is 17.0 Å². The van der Waals surface area contributed by atoms with Gasteiger partial charge >= 0.3 is 6.09 Å². The third kappa shape index (κ3) is 2.54. The number of carbonyl (C=O) groups is 2. The summed E-state index contributed by atoms with van der Waals surface area (Å²) in [5, 5.41) is 9.16. The standard InChI is InChI=1S/C15H18N2O3/c18-14-6-12-9-16(15(19)20)10-13(7-14)17(12)8-11-4-2-1-3-5-11/h1-5,12-13H,6-10H2,(H,19,20). The zero-order chi connectivity index (χ0) is 14.1. The molecular formula is C15H18N2O3. The van der Waals surface area contributed by atoms with Gasteiger partial charge in [0.15, 0.2) is 0 Å². The van der Waals surface area contributed by atoms with Crippen molar-refractivity contribution in [1.82, 2.24) is 9.80 Å². The zero-order valence-corrected chi connectivity index (χ0v) is 11.2. The molecule has 2 heterocycles. The fraction of sp³-hybridized carbons (Fsp3) is 0.467. The molecule has 20 heavy (non-hydrogen) atoms. The number of benzene rings is 1. The van der Waals surface area contributed by atoms with E-state index < -0.39 is 6.09 Å². The van der Waals surface area contributed by atoms with E-state index in [0.717, 1.165) is 6.54 Å². The fourth-order valence-corrected chi connectivity index (χ4v) is 3.27. The van der Waals surface area contributed by atoms with Gasteiger partial charge in [-0.2, -0.15) is 0 Å². The molecule has 106 valence electrons. The third-order valence-electron chi connectivity index (χ3n) is 4.21.